The molecule has 6 nitrogen and oxygen atoms in total. The van der Waals surface area contributed by atoms with E-state index in [1.165, 1.54) is 29.5 Å². The number of amides is 2. The largest absolute Gasteiger partial charge is 0.352 e. The zero-order valence-electron chi connectivity index (χ0n) is 20.2. The van der Waals surface area contributed by atoms with Crippen molar-refractivity contribution in [3.63, 3.8) is 0 Å². The Balaban J connectivity index is 1.29. The molecule has 0 saturated heterocycles. The highest BCUT2D eigenvalue weighted by Gasteiger charge is 2.20. The van der Waals surface area contributed by atoms with Gasteiger partial charge in [-0.2, -0.15) is 5.10 Å². The van der Waals surface area contributed by atoms with Crippen molar-refractivity contribution in [3.8, 4) is 16.9 Å². The minimum Gasteiger partial charge on any atom is -0.352 e. The first-order valence-electron chi connectivity index (χ1n) is 12.0. The van der Waals surface area contributed by atoms with Gasteiger partial charge in [0.25, 0.3) is 11.8 Å². The summed E-state index contributed by atoms with van der Waals surface area (Å²) in [6, 6.07) is 25.8. The second-order valence-corrected chi connectivity index (χ2v) is 9.67. The van der Waals surface area contributed by atoms with Gasteiger partial charge < -0.3 is 10.6 Å². The van der Waals surface area contributed by atoms with E-state index in [1.807, 2.05) is 72.3 Å². The number of carbonyl (C=O) groups excluding carboxylic acids is 2. The van der Waals surface area contributed by atoms with Crippen LogP contribution in [0.2, 0.25) is 0 Å². The highest BCUT2D eigenvalue weighted by molar-refractivity contribution is 7.20. The Kier molecular flexibility index (Phi) is 7.09. The topological polar surface area (TPSA) is 76.0 Å². The van der Waals surface area contributed by atoms with Gasteiger partial charge >= 0.3 is 0 Å². The summed E-state index contributed by atoms with van der Waals surface area (Å²) in [4.78, 5) is 26.6. The number of carbonyl (C=O) groups is 2. The number of hydrogen-bond donors (Lipinski definition) is 2. The second-order valence-electron chi connectivity index (χ2n) is 8.64. The molecule has 2 aromatic heterocycles. The molecule has 0 spiro atoms. The molecule has 2 N–H and O–H groups in total. The highest BCUT2D eigenvalue weighted by atomic mass is 32.1. The predicted octanol–water partition coefficient (Wildman–Crippen LogP) is 5.75. The van der Waals surface area contributed by atoms with Gasteiger partial charge in [0.2, 0.25) is 0 Å². The van der Waals surface area contributed by atoms with Gasteiger partial charge in [-0.15, -0.1) is 11.3 Å². The molecule has 3 aromatic carbocycles. The molecule has 0 fully saturated rings. The van der Waals surface area contributed by atoms with Crippen molar-refractivity contribution in [2.24, 2.45) is 0 Å². The van der Waals surface area contributed by atoms with Crippen LogP contribution in [-0.4, -0.2) is 34.7 Å². The monoisotopic (exact) mass is 512 g/mol. The SMILES string of the molecule is Cc1ccc(-n2nc(-c3ccccc3)c3cc(C(=O)NCCCNC(=O)c4ccccc4F)sc32)cc1. The van der Waals surface area contributed by atoms with E-state index in [-0.39, 0.29) is 11.5 Å². The number of nitrogens with zero attached hydrogens (tertiary/aromatic N) is 2. The fourth-order valence-corrected chi connectivity index (χ4v) is 5.06. The lowest BCUT2D eigenvalue weighted by Gasteiger charge is -2.07. The molecular formula is C29H25FN4O2S. The number of rotatable bonds is 8. The van der Waals surface area contributed by atoms with Crippen LogP contribution in [0.1, 0.15) is 32.0 Å². The van der Waals surface area contributed by atoms with Crippen molar-refractivity contribution < 1.29 is 14.0 Å². The van der Waals surface area contributed by atoms with Gasteiger partial charge in [0, 0.05) is 24.0 Å². The van der Waals surface area contributed by atoms with E-state index in [9.17, 15) is 14.0 Å². The van der Waals surface area contributed by atoms with Crippen LogP contribution in [0.3, 0.4) is 0 Å². The second kappa shape index (κ2) is 10.8. The van der Waals surface area contributed by atoms with Crippen molar-refractivity contribution in [3.05, 3.63) is 107 Å². The van der Waals surface area contributed by atoms with E-state index in [2.05, 4.69) is 10.6 Å². The van der Waals surface area contributed by atoms with Crippen LogP contribution >= 0.6 is 11.3 Å². The molecule has 2 heterocycles. The Morgan fingerprint density at radius 1 is 0.892 bits per heavy atom. The molecular weight excluding hydrogens is 487 g/mol. The fourth-order valence-electron chi connectivity index (χ4n) is 4.01. The Morgan fingerprint density at radius 2 is 1.57 bits per heavy atom. The van der Waals surface area contributed by atoms with Crippen molar-refractivity contribution in [2.45, 2.75) is 13.3 Å². The Hall–Kier alpha value is -4.30. The maximum Gasteiger partial charge on any atom is 0.261 e. The Morgan fingerprint density at radius 3 is 2.30 bits per heavy atom. The first-order chi connectivity index (χ1) is 18.0. The van der Waals surface area contributed by atoms with Crippen molar-refractivity contribution >= 4 is 33.4 Å². The summed E-state index contributed by atoms with van der Waals surface area (Å²) >= 11 is 1.39. The van der Waals surface area contributed by atoms with Crippen LogP contribution in [0.15, 0.2) is 84.9 Å². The van der Waals surface area contributed by atoms with Crippen LogP contribution in [0.4, 0.5) is 4.39 Å². The lowest BCUT2D eigenvalue weighted by molar-refractivity contribution is 0.0949. The number of nitrogens with one attached hydrogen (secondary N) is 2. The van der Waals surface area contributed by atoms with E-state index in [0.717, 1.165) is 32.7 Å². The molecule has 5 aromatic rings. The van der Waals surface area contributed by atoms with E-state index in [0.29, 0.717) is 24.4 Å². The molecule has 0 unspecified atom stereocenters. The first-order valence-corrected chi connectivity index (χ1v) is 12.8. The predicted molar refractivity (Wildman–Crippen MR) is 145 cm³/mol. The maximum atomic E-state index is 13.7. The number of aryl methyl sites for hydroxylation is 1. The van der Waals surface area contributed by atoms with E-state index >= 15 is 0 Å². The fraction of sp³-hybridized carbons (Fsp3) is 0.138. The van der Waals surface area contributed by atoms with Crippen molar-refractivity contribution in [1.82, 2.24) is 20.4 Å². The summed E-state index contributed by atoms with van der Waals surface area (Å²) in [5.74, 6) is -1.21. The summed E-state index contributed by atoms with van der Waals surface area (Å²) in [5, 5.41) is 11.4. The van der Waals surface area contributed by atoms with Gasteiger partial charge in [-0.1, -0.05) is 60.2 Å². The summed E-state index contributed by atoms with van der Waals surface area (Å²) in [7, 11) is 0. The summed E-state index contributed by atoms with van der Waals surface area (Å²) in [6.45, 7) is 2.73. The molecule has 5 rings (SSSR count). The molecule has 37 heavy (non-hydrogen) atoms. The van der Waals surface area contributed by atoms with Gasteiger partial charge in [0.1, 0.15) is 16.3 Å². The molecule has 0 aliphatic heterocycles. The molecule has 0 saturated carbocycles. The number of hydrogen-bond acceptors (Lipinski definition) is 4. The molecule has 0 aliphatic rings. The third-order valence-corrected chi connectivity index (χ3v) is 7.06. The van der Waals surface area contributed by atoms with Crippen LogP contribution in [0.25, 0.3) is 27.2 Å². The number of thiophene rings is 1. The van der Waals surface area contributed by atoms with Crippen molar-refractivity contribution in [1.29, 1.82) is 0 Å². The van der Waals surface area contributed by atoms with E-state index in [4.69, 9.17) is 5.10 Å². The zero-order chi connectivity index (χ0) is 25.8. The zero-order valence-corrected chi connectivity index (χ0v) is 21.0. The smallest absolute Gasteiger partial charge is 0.261 e. The molecule has 0 atom stereocenters. The van der Waals surface area contributed by atoms with Gasteiger partial charge in [0.15, 0.2) is 0 Å². The van der Waals surface area contributed by atoms with Crippen LogP contribution < -0.4 is 10.6 Å². The van der Waals surface area contributed by atoms with Crippen LogP contribution in [-0.2, 0) is 0 Å². The first kappa shape index (κ1) is 24.4. The molecule has 0 radical (unpaired) electrons. The summed E-state index contributed by atoms with van der Waals surface area (Å²) in [6.07, 6.45) is 0.517. The van der Waals surface area contributed by atoms with Gasteiger partial charge in [-0.25, -0.2) is 9.07 Å². The van der Waals surface area contributed by atoms with Gasteiger partial charge in [-0.3, -0.25) is 9.59 Å². The van der Waals surface area contributed by atoms with E-state index in [1.54, 1.807) is 6.07 Å². The molecule has 0 aliphatic carbocycles. The number of fused-ring (bicyclic) bond motifs is 1. The van der Waals surface area contributed by atoms with Crippen LogP contribution in [0, 0.1) is 12.7 Å². The van der Waals surface area contributed by atoms with E-state index < -0.39 is 11.7 Å². The molecule has 8 heteroatoms. The molecule has 186 valence electrons. The Labute approximate surface area is 217 Å². The normalized spacial score (nSPS) is 11.0. The third kappa shape index (κ3) is 5.29. The van der Waals surface area contributed by atoms with Crippen LogP contribution in [0.5, 0.6) is 0 Å². The number of benzene rings is 3. The minimum atomic E-state index is -0.558. The summed E-state index contributed by atoms with van der Waals surface area (Å²) in [5.41, 5.74) is 3.90. The number of aromatic nitrogens is 2. The molecule has 0 bridgehead atoms. The van der Waals surface area contributed by atoms with Gasteiger partial charge in [0.05, 0.1) is 16.1 Å². The minimum absolute atomic E-state index is 0.00801. The Bertz CT molecular complexity index is 1560. The van der Waals surface area contributed by atoms with Gasteiger partial charge in [-0.05, 0) is 43.7 Å². The highest BCUT2D eigenvalue weighted by Crippen LogP contribution is 2.35. The lowest BCUT2D eigenvalue weighted by Crippen LogP contribution is -2.30. The third-order valence-electron chi connectivity index (χ3n) is 5.95. The number of halogens is 1. The van der Waals surface area contributed by atoms with Crippen molar-refractivity contribution in [2.75, 3.05) is 13.1 Å². The summed E-state index contributed by atoms with van der Waals surface area (Å²) < 4.78 is 15.6. The average molecular weight is 513 g/mol. The standard InChI is InChI=1S/C29H25FN4O2S/c1-19-12-14-21(15-13-19)34-29-23(26(33-34)20-8-3-2-4-9-20)18-25(37-29)28(36)32-17-7-16-31-27(35)22-10-5-6-11-24(22)30/h2-6,8-15,18H,7,16-17H2,1H3,(H,31,35)(H,32,36). The lowest BCUT2D eigenvalue weighted by atomic mass is 10.1. The average Bonchev–Trinajstić information content (AvgIpc) is 3.50. The maximum absolute atomic E-state index is 13.7. The quantitative estimate of drug-likeness (QED) is 0.260. The molecule has 2 amide bonds.